The molecule has 1 N–H and O–H groups in total. The second-order valence-electron chi connectivity index (χ2n) is 6.10. The van der Waals surface area contributed by atoms with Crippen LogP contribution < -0.4 is 4.74 Å². The molecule has 1 atom stereocenters. The smallest absolute Gasteiger partial charge is 0.138 e. The SMILES string of the molecule is CC[C@H](O)c1nc2ccccc2n1CCOc1c(C)cccc1C. The molecule has 2 aromatic carbocycles. The van der Waals surface area contributed by atoms with Crippen molar-refractivity contribution in [1.29, 1.82) is 0 Å². The molecule has 4 nitrogen and oxygen atoms in total. The summed E-state index contributed by atoms with van der Waals surface area (Å²) < 4.78 is 8.09. The average Bonchev–Trinajstić information content (AvgIpc) is 2.95. The number of fused-ring (bicyclic) bond motifs is 1. The molecule has 1 aromatic heterocycles. The molecule has 1 heterocycles. The third-order valence-electron chi connectivity index (χ3n) is 4.34. The Morgan fingerprint density at radius 2 is 1.79 bits per heavy atom. The summed E-state index contributed by atoms with van der Waals surface area (Å²) in [6.45, 7) is 7.26. The van der Waals surface area contributed by atoms with Crippen LogP contribution in [-0.2, 0) is 6.54 Å². The number of para-hydroxylation sites is 3. The van der Waals surface area contributed by atoms with Gasteiger partial charge in [-0.3, -0.25) is 0 Å². The molecule has 0 aliphatic carbocycles. The van der Waals surface area contributed by atoms with Gasteiger partial charge in [0.2, 0.25) is 0 Å². The summed E-state index contributed by atoms with van der Waals surface area (Å²) in [6, 6.07) is 14.1. The third-order valence-corrected chi connectivity index (χ3v) is 4.34. The molecule has 0 bridgehead atoms. The summed E-state index contributed by atoms with van der Waals surface area (Å²) in [5.74, 6) is 1.66. The fourth-order valence-electron chi connectivity index (χ4n) is 3.03. The molecule has 0 aliphatic rings. The van der Waals surface area contributed by atoms with Crippen molar-refractivity contribution in [3.63, 3.8) is 0 Å². The van der Waals surface area contributed by atoms with E-state index >= 15 is 0 Å². The quantitative estimate of drug-likeness (QED) is 0.740. The molecular formula is C20H24N2O2. The lowest BCUT2D eigenvalue weighted by atomic mass is 10.1. The van der Waals surface area contributed by atoms with Gasteiger partial charge in [0, 0.05) is 0 Å². The van der Waals surface area contributed by atoms with Gasteiger partial charge in [0.05, 0.1) is 17.6 Å². The van der Waals surface area contributed by atoms with E-state index in [9.17, 15) is 5.11 Å². The Labute approximate surface area is 142 Å². The molecular weight excluding hydrogens is 300 g/mol. The fraction of sp³-hybridized carbons (Fsp3) is 0.350. The van der Waals surface area contributed by atoms with Gasteiger partial charge in [0.15, 0.2) is 0 Å². The number of hydrogen-bond acceptors (Lipinski definition) is 3. The van der Waals surface area contributed by atoms with Crippen molar-refractivity contribution in [2.75, 3.05) is 6.61 Å². The largest absolute Gasteiger partial charge is 0.491 e. The van der Waals surface area contributed by atoms with Crippen molar-refractivity contribution in [1.82, 2.24) is 9.55 Å². The van der Waals surface area contributed by atoms with E-state index in [-0.39, 0.29) is 0 Å². The van der Waals surface area contributed by atoms with Crippen LogP contribution in [0.25, 0.3) is 11.0 Å². The first-order valence-electron chi connectivity index (χ1n) is 8.44. The fourth-order valence-corrected chi connectivity index (χ4v) is 3.03. The Morgan fingerprint density at radius 3 is 2.50 bits per heavy atom. The van der Waals surface area contributed by atoms with Crippen LogP contribution in [0.1, 0.15) is 36.4 Å². The van der Waals surface area contributed by atoms with E-state index in [1.54, 1.807) is 0 Å². The van der Waals surface area contributed by atoms with Crippen LogP contribution in [0.15, 0.2) is 42.5 Å². The molecule has 4 heteroatoms. The molecule has 126 valence electrons. The summed E-state index contributed by atoms with van der Waals surface area (Å²) in [6.07, 6.45) is 0.0822. The molecule has 0 aliphatic heterocycles. The minimum atomic E-state index is -0.558. The van der Waals surface area contributed by atoms with Crippen LogP contribution >= 0.6 is 0 Å². The summed E-state index contributed by atoms with van der Waals surface area (Å²) in [7, 11) is 0. The molecule has 0 amide bonds. The number of aliphatic hydroxyl groups excluding tert-OH is 1. The summed E-state index contributed by atoms with van der Waals surface area (Å²) >= 11 is 0. The number of ether oxygens (including phenoxy) is 1. The maximum atomic E-state index is 10.3. The Morgan fingerprint density at radius 1 is 1.08 bits per heavy atom. The normalized spacial score (nSPS) is 12.5. The molecule has 0 saturated carbocycles. The highest BCUT2D eigenvalue weighted by Crippen LogP contribution is 2.24. The maximum Gasteiger partial charge on any atom is 0.138 e. The monoisotopic (exact) mass is 324 g/mol. The number of aliphatic hydroxyl groups is 1. The Bertz CT molecular complexity index is 819. The number of aromatic nitrogens is 2. The predicted molar refractivity (Wildman–Crippen MR) is 96.4 cm³/mol. The van der Waals surface area contributed by atoms with Gasteiger partial charge in [0.1, 0.15) is 24.3 Å². The molecule has 24 heavy (non-hydrogen) atoms. The summed E-state index contributed by atoms with van der Waals surface area (Å²) in [4.78, 5) is 4.60. The van der Waals surface area contributed by atoms with E-state index in [0.717, 1.165) is 27.9 Å². The number of aryl methyl sites for hydroxylation is 2. The highest BCUT2D eigenvalue weighted by atomic mass is 16.5. The predicted octanol–water partition coefficient (Wildman–Crippen LogP) is 4.18. The Hall–Kier alpha value is -2.33. The van der Waals surface area contributed by atoms with Crippen LogP contribution in [0.4, 0.5) is 0 Å². The summed E-state index contributed by atoms with van der Waals surface area (Å²) in [5.41, 5.74) is 4.22. The highest BCUT2D eigenvalue weighted by Gasteiger charge is 2.16. The van der Waals surface area contributed by atoms with E-state index in [0.29, 0.717) is 25.4 Å². The van der Waals surface area contributed by atoms with E-state index in [2.05, 4.69) is 35.5 Å². The van der Waals surface area contributed by atoms with Crippen LogP contribution in [0.5, 0.6) is 5.75 Å². The van der Waals surface area contributed by atoms with Crippen LogP contribution in [0.2, 0.25) is 0 Å². The Balaban J connectivity index is 1.84. The topological polar surface area (TPSA) is 47.3 Å². The van der Waals surface area contributed by atoms with E-state index in [1.165, 1.54) is 0 Å². The Kier molecular flexibility index (Phi) is 4.86. The zero-order valence-corrected chi connectivity index (χ0v) is 14.5. The molecule has 0 spiro atoms. The van der Waals surface area contributed by atoms with Crippen molar-refractivity contribution in [3.05, 3.63) is 59.4 Å². The molecule has 0 fully saturated rings. The van der Waals surface area contributed by atoms with E-state index in [1.807, 2.05) is 37.3 Å². The first kappa shape index (κ1) is 16.5. The standard InChI is InChI=1S/C20H24N2O2/c1-4-18(23)20-21-16-10-5-6-11-17(16)22(20)12-13-24-19-14(2)8-7-9-15(19)3/h5-11,18,23H,4,12-13H2,1-3H3/t18-/m0/s1. The lowest BCUT2D eigenvalue weighted by Gasteiger charge is -2.15. The molecule has 3 aromatic rings. The molecule has 3 rings (SSSR count). The summed E-state index contributed by atoms with van der Waals surface area (Å²) in [5, 5.41) is 10.3. The van der Waals surface area contributed by atoms with Gasteiger partial charge in [-0.15, -0.1) is 0 Å². The first-order valence-corrected chi connectivity index (χ1v) is 8.44. The van der Waals surface area contributed by atoms with Gasteiger partial charge >= 0.3 is 0 Å². The van der Waals surface area contributed by atoms with Crippen molar-refractivity contribution in [2.24, 2.45) is 0 Å². The van der Waals surface area contributed by atoms with Crippen molar-refractivity contribution in [2.45, 2.75) is 39.8 Å². The van der Waals surface area contributed by atoms with Crippen molar-refractivity contribution < 1.29 is 9.84 Å². The number of imidazole rings is 1. The second-order valence-corrected chi connectivity index (χ2v) is 6.10. The lowest BCUT2D eigenvalue weighted by Crippen LogP contribution is -2.14. The average molecular weight is 324 g/mol. The van der Waals surface area contributed by atoms with Crippen LogP contribution in [-0.4, -0.2) is 21.3 Å². The minimum Gasteiger partial charge on any atom is -0.491 e. The zero-order chi connectivity index (χ0) is 17.1. The van der Waals surface area contributed by atoms with Gasteiger partial charge < -0.3 is 14.4 Å². The first-order chi connectivity index (χ1) is 11.6. The zero-order valence-electron chi connectivity index (χ0n) is 14.5. The van der Waals surface area contributed by atoms with E-state index < -0.39 is 6.10 Å². The van der Waals surface area contributed by atoms with Gasteiger partial charge in [0.25, 0.3) is 0 Å². The van der Waals surface area contributed by atoms with Gasteiger partial charge in [-0.25, -0.2) is 4.98 Å². The number of nitrogens with zero attached hydrogens (tertiary/aromatic N) is 2. The number of rotatable bonds is 6. The van der Waals surface area contributed by atoms with Crippen LogP contribution in [0, 0.1) is 13.8 Å². The molecule has 0 radical (unpaired) electrons. The minimum absolute atomic E-state index is 0.537. The lowest BCUT2D eigenvalue weighted by molar-refractivity contribution is 0.157. The van der Waals surface area contributed by atoms with Crippen LogP contribution in [0.3, 0.4) is 0 Å². The molecule has 0 unspecified atom stereocenters. The third kappa shape index (κ3) is 3.15. The van der Waals surface area contributed by atoms with E-state index in [4.69, 9.17) is 4.74 Å². The number of benzene rings is 2. The van der Waals surface area contributed by atoms with Crippen molar-refractivity contribution >= 4 is 11.0 Å². The molecule has 0 saturated heterocycles. The van der Waals surface area contributed by atoms with Gasteiger partial charge in [-0.1, -0.05) is 37.3 Å². The maximum absolute atomic E-state index is 10.3. The highest BCUT2D eigenvalue weighted by molar-refractivity contribution is 5.76. The van der Waals surface area contributed by atoms with Crippen molar-refractivity contribution in [3.8, 4) is 5.75 Å². The second kappa shape index (κ2) is 7.05. The number of hydrogen-bond donors (Lipinski definition) is 1. The van der Waals surface area contributed by atoms with Gasteiger partial charge in [-0.05, 0) is 43.5 Å². The van der Waals surface area contributed by atoms with Gasteiger partial charge in [-0.2, -0.15) is 0 Å².